The molecule has 0 bridgehead atoms. The van der Waals surface area contributed by atoms with Crippen LogP contribution < -0.4 is 0 Å². The van der Waals surface area contributed by atoms with Crippen molar-refractivity contribution in [2.45, 2.75) is 0 Å². The van der Waals surface area contributed by atoms with Crippen LogP contribution in [0.15, 0.2) is 0 Å². The predicted molar refractivity (Wildman–Crippen MR) is 1.37 cm³/mol. The van der Waals surface area contributed by atoms with E-state index in [1.165, 1.54) is 0 Å². The average molecular weight is 265 g/mol. The molecule has 25 valence electrons. The second-order valence-corrected chi connectivity index (χ2v) is 0. The molecular weight excluding hydrogens is 265 g/mol. The summed E-state index contributed by atoms with van der Waals surface area (Å²) in [4.78, 5) is 0. The van der Waals surface area contributed by atoms with Gasteiger partial charge in [-0.05, 0) is 0 Å². The molecule has 0 aliphatic heterocycles. The number of hydrogen-bond donors (Lipinski definition) is 0. The smallest absolute Gasteiger partial charge is 2.00 e. The molecule has 0 rings (SSSR count). The molecule has 4 heteroatoms. The van der Waals surface area contributed by atoms with Crippen molar-refractivity contribution in [2.24, 2.45) is 0 Å². The molecule has 0 N–H and O–H groups in total. The summed E-state index contributed by atoms with van der Waals surface area (Å²) in [5.41, 5.74) is 0. The summed E-state index contributed by atoms with van der Waals surface area (Å²) >= 11 is 0. The van der Waals surface area contributed by atoms with Crippen molar-refractivity contribution >= 4 is 0 Å². The molecule has 1 radical (unpaired) electrons. The molecule has 0 aromatic rings. The van der Waals surface area contributed by atoms with Gasteiger partial charge >= 0.3 is 56.8 Å². The van der Waals surface area contributed by atoms with Gasteiger partial charge in [-0.3, -0.25) is 0 Å². The summed E-state index contributed by atoms with van der Waals surface area (Å²) in [7, 11) is 0. The van der Waals surface area contributed by atoms with Crippen molar-refractivity contribution in [2.75, 3.05) is 0 Å². The minimum atomic E-state index is 0. The SMILES string of the molecule is [Er+3].[O-2].[O-2].[Zn+2]. The van der Waals surface area contributed by atoms with Gasteiger partial charge in [0.05, 0.1) is 0 Å². The molecule has 0 atom stereocenters. The van der Waals surface area contributed by atoms with E-state index in [9.17, 15) is 0 Å². The maximum atomic E-state index is 0. The molecular formula is ErO2Zn+. The normalized spacial score (nSPS) is 0. The molecule has 2 nitrogen and oxygen atoms in total. The molecule has 0 amide bonds. The van der Waals surface area contributed by atoms with Crippen LogP contribution in [0.4, 0.5) is 0 Å². The maximum absolute atomic E-state index is 0. The van der Waals surface area contributed by atoms with E-state index in [0.29, 0.717) is 0 Å². The van der Waals surface area contributed by atoms with E-state index in [-0.39, 0.29) is 67.7 Å². The molecule has 0 aliphatic carbocycles. The first-order valence-corrected chi connectivity index (χ1v) is 0. The topological polar surface area (TPSA) is 57.0 Å². The Morgan fingerprint density at radius 1 is 0.750 bits per heavy atom. The third-order valence-corrected chi connectivity index (χ3v) is 0. The average Bonchev–Trinajstić information content (AvgIpc) is 0. The van der Waals surface area contributed by atoms with Crippen molar-refractivity contribution < 1.29 is 67.7 Å². The maximum Gasteiger partial charge on any atom is 3.00 e. The van der Waals surface area contributed by atoms with Gasteiger partial charge in [-0.25, -0.2) is 0 Å². The molecule has 0 spiro atoms. The van der Waals surface area contributed by atoms with Crippen molar-refractivity contribution in [3.05, 3.63) is 0 Å². The van der Waals surface area contributed by atoms with E-state index < -0.39 is 0 Å². The molecule has 4 heavy (non-hydrogen) atoms. The summed E-state index contributed by atoms with van der Waals surface area (Å²) in [6.07, 6.45) is 0. The van der Waals surface area contributed by atoms with Crippen molar-refractivity contribution in [1.29, 1.82) is 0 Å². The minimum absolute atomic E-state index is 0. The Labute approximate surface area is 66.9 Å². The van der Waals surface area contributed by atoms with Gasteiger partial charge in [0.2, 0.25) is 0 Å². The Morgan fingerprint density at radius 2 is 0.750 bits per heavy atom. The third kappa shape index (κ3) is 9.21. The van der Waals surface area contributed by atoms with Crippen molar-refractivity contribution in [3.63, 3.8) is 0 Å². The molecule has 0 saturated heterocycles. The fourth-order valence-electron chi connectivity index (χ4n) is 0. The quantitative estimate of drug-likeness (QED) is 0.543. The number of hydrogen-bond acceptors (Lipinski definition) is 0. The molecule has 0 aromatic carbocycles. The van der Waals surface area contributed by atoms with Crippen LogP contribution >= 0.6 is 0 Å². The largest absolute Gasteiger partial charge is 3.00 e. The molecule has 0 aliphatic rings. The Bertz CT molecular complexity index is 6.00. The zero-order valence-corrected chi connectivity index (χ0v) is 6.63. The van der Waals surface area contributed by atoms with E-state index in [2.05, 4.69) is 0 Å². The zero-order chi connectivity index (χ0) is 0. The third-order valence-electron chi connectivity index (χ3n) is 0. The van der Waals surface area contributed by atoms with Crippen LogP contribution in [0.25, 0.3) is 0 Å². The molecule has 0 saturated carbocycles. The summed E-state index contributed by atoms with van der Waals surface area (Å²) in [5, 5.41) is 0. The Kier molecular flexibility index (Phi) is 223. The van der Waals surface area contributed by atoms with Gasteiger partial charge in [-0.2, -0.15) is 0 Å². The first-order valence-electron chi connectivity index (χ1n) is 0. The van der Waals surface area contributed by atoms with Gasteiger partial charge < -0.3 is 11.0 Å². The van der Waals surface area contributed by atoms with Crippen LogP contribution in [-0.2, 0) is 30.4 Å². The van der Waals surface area contributed by atoms with E-state index in [1.807, 2.05) is 0 Å². The van der Waals surface area contributed by atoms with E-state index in [4.69, 9.17) is 0 Å². The predicted octanol–water partition coefficient (Wildman–Crippen LogP) is -0.240. The van der Waals surface area contributed by atoms with Gasteiger partial charge in [-0.15, -0.1) is 0 Å². The van der Waals surface area contributed by atoms with Gasteiger partial charge in [0.15, 0.2) is 0 Å². The van der Waals surface area contributed by atoms with E-state index in [0.717, 1.165) is 0 Å². The van der Waals surface area contributed by atoms with Gasteiger partial charge in [0, 0.05) is 0 Å². The van der Waals surface area contributed by atoms with Crippen molar-refractivity contribution in [3.8, 4) is 0 Å². The zero-order valence-electron chi connectivity index (χ0n) is 1.81. The van der Waals surface area contributed by atoms with Crippen molar-refractivity contribution in [1.82, 2.24) is 0 Å². The number of rotatable bonds is 0. The monoisotopic (exact) mass is 262 g/mol. The Hall–Kier alpha value is 1.79. The van der Waals surface area contributed by atoms with Crippen LogP contribution in [0.1, 0.15) is 0 Å². The van der Waals surface area contributed by atoms with Crippen LogP contribution in [0.2, 0.25) is 0 Å². The molecule has 0 aromatic heterocycles. The van der Waals surface area contributed by atoms with Gasteiger partial charge in [-0.1, -0.05) is 0 Å². The standard InChI is InChI=1S/Er.2O.Zn/q+3;2*-2;+2. The van der Waals surface area contributed by atoms with Crippen LogP contribution in [0.3, 0.4) is 0 Å². The minimum Gasteiger partial charge on any atom is -2.00 e. The molecule has 0 heterocycles. The Balaban J connectivity index is 0. The summed E-state index contributed by atoms with van der Waals surface area (Å²) in [6.45, 7) is 0. The second kappa shape index (κ2) is 21.5. The first kappa shape index (κ1) is 41.5. The van der Waals surface area contributed by atoms with Crippen LogP contribution in [0, 0.1) is 37.3 Å². The Morgan fingerprint density at radius 3 is 0.750 bits per heavy atom. The van der Waals surface area contributed by atoms with Crippen LogP contribution in [0.5, 0.6) is 0 Å². The second-order valence-electron chi connectivity index (χ2n) is 0. The van der Waals surface area contributed by atoms with Gasteiger partial charge in [0.1, 0.15) is 0 Å². The molecule has 0 unspecified atom stereocenters. The van der Waals surface area contributed by atoms with E-state index >= 15 is 0 Å². The fourth-order valence-corrected chi connectivity index (χ4v) is 0. The summed E-state index contributed by atoms with van der Waals surface area (Å²) in [6, 6.07) is 0. The van der Waals surface area contributed by atoms with E-state index in [1.54, 1.807) is 0 Å². The summed E-state index contributed by atoms with van der Waals surface area (Å²) < 4.78 is 0. The van der Waals surface area contributed by atoms with Gasteiger partial charge in [0.25, 0.3) is 0 Å². The fraction of sp³-hybridized carbons (Fsp3) is 0. The first-order chi connectivity index (χ1) is 0. The summed E-state index contributed by atoms with van der Waals surface area (Å²) in [5.74, 6) is 0. The van der Waals surface area contributed by atoms with Crippen LogP contribution in [-0.4, -0.2) is 0 Å². The molecule has 0 fully saturated rings.